The first-order valence-corrected chi connectivity index (χ1v) is 10.5. The van der Waals surface area contributed by atoms with E-state index in [9.17, 15) is 9.59 Å². The molecule has 0 radical (unpaired) electrons. The normalized spacial score (nSPS) is 14.5. The van der Waals surface area contributed by atoms with Gasteiger partial charge >= 0.3 is 0 Å². The summed E-state index contributed by atoms with van der Waals surface area (Å²) >= 11 is 0. The molecule has 0 bridgehead atoms. The lowest BCUT2D eigenvalue weighted by Gasteiger charge is -2.32. The minimum Gasteiger partial charge on any atom is -0.372 e. The van der Waals surface area contributed by atoms with Crippen molar-refractivity contribution in [2.75, 3.05) is 29.9 Å². The monoisotopic (exact) mass is 394 g/mol. The molecule has 154 valence electrons. The lowest BCUT2D eigenvalue weighted by molar-refractivity contribution is 0.0953. The average molecular weight is 395 g/mol. The summed E-state index contributed by atoms with van der Waals surface area (Å²) in [7, 11) is 0. The van der Waals surface area contributed by atoms with Crippen LogP contribution in [0.15, 0.2) is 42.7 Å². The Labute approximate surface area is 172 Å². The fourth-order valence-corrected chi connectivity index (χ4v) is 3.39. The SMILES string of the molecule is CCCCNC(=O)c1cncc(C(=O)Nc2ccc(N3CCC(C)CC3)cc2)c1. The van der Waals surface area contributed by atoms with E-state index in [1.807, 2.05) is 24.3 Å². The number of hydrogen-bond donors (Lipinski definition) is 2. The minimum atomic E-state index is -0.278. The van der Waals surface area contributed by atoms with Gasteiger partial charge in [-0.2, -0.15) is 0 Å². The standard InChI is InChI=1S/C23H30N4O2/c1-3-4-11-25-22(28)18-14-19(16-24-15-18)23(29)26-20-5-7-21(8-6-20)27-12-9-17(2)10-13-27/h5-8,14-17H,3-4,9-13H2,1-2H3,(H,25,28)(H,26,29). The van der Waals surface area contributed by atoms with Crippen molar-refractivity contribution in [2.24, 2.45) is 5.92 Å². The van der Waals surface area contributed by atoms with E-state index in [1.54, 1.807) is 6.07 Å². The number of anilines is 2. The fourth-order valence-electron chi connectivity index (χ4n) is 3.39. The van der Waals surface area contributed by atoms with E-state index >= 15 is 0 Å². The van der Waals surface area contributed by atoms with Crippen LogP contribution in [-0.2, 0) is 0 Å². The lowest BCUT2D eigenvalue weighted by Crippen LogP contribution is -2.32. The minimum absolute atomic E-state index is 0.208. The molecule has 2 heterocycles. The molecule has 1 aliphatic heterocycles. The van der Waals surface area contributed by atoms with Crippen molar-refractivity contribution in [1.82, 2.24) is 10.3 Å². The largest absolute Gasteiger partial charge is 0.372 e. The van der Waals surface area contributed by atoms with Crippen LogP contribution >= 0.6 is 0 Å². The Morgan fingerprint density at radius 1 is 1.07 bits per heavy atom. The van der Waals surface area contributed by atoms with Crippen LogP contribution in [0, 0.1) is 5.92 Å². The van der Waals surface area contributed by atoms with Gasteiger partial charge in [-0.1, -0.05) is 20.3 Å². The lowest BCUT2D eigenvalue weighted by atomic mass is 9.99. The van der Waals surface area contributed by atoms with Crippen molar-refractivity contribution in [3.8, 4) is 0 Å². The van der Waals surface area contributed by atoms with Gasteiger partial charge in [0.25, 0.3) is 11.8 Å². The molecule has 0 saturated carbocycles. The zero-order chi connectivity index (χ0) is 20.6. The average Bonchev–Trinajstić information content (AvgIpc) is 2.75. The molecule has 2 aromatic rings. The van der Waals surface area contributed by atoms with Gasteiger partial charge < -0.3 is 15.5 Å². The molecule has 0 aliphatic carbocycles. The number of pyridine rings is 1. The zero-order valence-electron chi connectivity index (χ0n) is 17.3. The molecule has 3 rings (SSSR count). The highest BCUT2D eigenvalue weighted by atomic mass is 16.2. The Hall–Kier alpha value is -2.89. The van der Waals surface area contributed by atoms with Crippen molar-refractivity contribution < 1.29 is 9.59 Å². The summed E-state index contributed by atoms with van der Waals surface area (Å²) in [6.07, 6.45) is 7.32. The maximum atomic E-state index is 12.6. The Kier molecular flexibility index (Phi) is 7.22. The van der Waals surface area contributed by atoms with Crippen LogP contribution in [0.25, 0.3) is 0 Å². The van der Waals surface area contributed by atoms with Crippen molar-refractivity contribution in [1.29, 1.82) is 0 Å². The maximum Gasteiger partial charge on any atom is 0.257 e. The number of benzene rings is 1. The first-order valence-electron chi connectivity index (χ1n) is 10.5. The Morgan fingerprint density at radius 3 is 2.38 bits per heavy atom. The second-order valence-corrected chi connectivity index (χ2v) is 7.74. The Morgan fingerprint density at radius 2 is 1.72 bits per heavy atom. The zero-order valence-corrected chi connectivity index (χ0v) is 17.3. The summed E-state index contributed by atoms with van der Waals surface area (Å²) in [5, 5.41) is 5.73. The number of amides is 2. The van der Waals surface area contributed by atoms with E-state index in [0.29, 0.717) is 17.7 Å². The summed E-state index contributed by atoms with van der Waals surface area (Å²) in [6.45, 7) is 7.14. The van der Waals surface area contributed by atoms with Gasteiger partial charge in [-0.25, -0.2) is 0 Å². The molecule has 1 fully saturated rings. The van der Waals surface area contributed by atoms with E-state index in [-0.39, 0.29) is 11.8 Å². The van der Waals surface area contributed by atoms with E-state index in [4.69, 9.17) is 0 Å². The van der Waals surface area contributed by atoms with Crippen LogP contribution in [0.5, 0.6) is 0 Å². The number of piperidine rings is 1. The third-order valence-corrected chi connectivity index (χ3v) is 5.35. The summed E-state index contributed by atoms with van der Waals surface area (Å²) < 4.78 is 0. The smallest absolute Gasteiger partial charge is 0.257 e. The summed E-state index contributed by atoms with van der Waals surface area (Å²) in [4.78, 5) is 31.2. The van der Waals surface area contributed by atoms with Crippen molar-refractivity contribution in [2.45, 2.75) is 39.5 Å². The molecule has 1 aromatic heterocycles. The van der Waals surface area contributed by atoms with Gasteiger partial charge in [-0.3, -0.25) is 14.6 Å². The number of aromatic nitrogens is 1. The highest BCUT2D eigenvalue weighted by Gasteiger charge is 2.16. The van der Waals surface area contributed by atoms with Crippen LogP contribution < -0.4 is 15.5 Å². The van der Waals surface area contributed by atoms with E-state index in [2.05, 4.69) is 34.4 Å². The number of hydrogen-bond acceptors (Lipinski definition) is 4. The molecule has 1 aliphatic rings. The van der Waals surface area contributed by atoms with Crippen LogP contribution in [0.3, 0.4) is 0 Å². The van der Waals surface area contributed by atoms with Gasteiger partial charge in [0.05, 0.1) is 11.1 Å². The molecule has 2 amide bonds. The molecule has 1 aromatic carbocycles. The summed E-state index contributed by atoms with van der Waals surface area (Å²) in [5.74, 6) is 0.309. The molecule has 0 unspecified atom stereocenters. The highest BCUT2D eigenvalue weighted by Crippen LogP contribution is 2.24. The molecule has 1 saturated heterocycles. The number of unbranched alkanes of at least 4 members (excludes halogenated alkanes) is 1. The molecule has 2 N–H and O–H groups in total. The second kappa shape index (κ2) is 10.0. The molecule has 29 heavy (non-hydrogen) atoms. The Balaban J connectivity index is 1.60. The predicted octanol–water partition coefficient (Wildman–Crippen LogP) is 4.10. The van der Waals surface area contributed by atoms with Gasteiger partial charge in [-0.15, -0.1) is 0 Å². The van der Waals surface area contributed by atoms with Gasteiger partial charge in [0.15, 0.2) is 0 Å². The van der Waals surface area contributed by atoms with Crippen molar-refractivity contribution in [3.05, 3.63) is 53.9 Å². The number of nitrogens with zero attached hydrogens (tertiary/aromatic N) is 2. The molecule has 6 heteroatoms. The summed E-state index contributed by atoms with van der Waals surface area (Å²) in [6, 6.07) is 9.50. The second-order valence-electron chi connectivity index (χ2n) is 7.74. The topological polar surface area (TPSA) is 74.3 Å². The maximum absolute atomic E-state index is 12.6. The first kappa shape index (κ1) is 20.8. The van der Waals surface area contributed by atoms with E-state index in [1.165, 1.54) is 30.9 Å². The predicted molar refractivity (Wildman–Crippen MR) is 116 cm³/mol. The molecular formula is C23H30N4O2. The van der Waals surface area contributed by atoms with E-state index < -0.39 is 0 Å². The van der Waals surface area contributed by atoms with Gasteiger partial charge in [0, 0.05) is 43.4 Å². The van der Waals surface area contributed by atoms with Gasteiger partial charge in [0.2, 0.25) is 0 Å². The quantitative estimate of drug-likeness (QED) is 0.694. The van der Waals surface area contributed by atoms with Crippen molar-refractivity contribution in [3.63, 3.8) is 0 Å². The van der Waals surface area contributed by atoms with E-state index in [0.717, 1.165) is 37.5 Å². The highest BCUT2D eigenvalue weighted by molar-refractivity contribution is 6.05. The fraction of sp³-hybridized carbons (Fsp3) is 0.435. The number of rotatable bonds is 7. The molecule has 0 atom stereocenters. The number of carbonyl (C=O) groups is 2. The van der Waals surface area contributed by atoms with Gasteiger partial charge in [-0.05, 0) is 55.5 Å². The van der Waals surface area contributed by atoms with Crippen LogP contribution in [0.1, 0.15) is 60.2 Å². The Bertz CT molecular complexity index is 827. The third-order valence-electron chi connectivity index (χ3n) is 5.35. The van der Waals surface area contributed by atoms with Gasteiger partial charge in [0.1, 0.15) is 0 Å². The third kappa shape index (κ3) is 5.79. The van der Waals surface area contributed by atoms with Crippen molar-refractivity contribution >= 4 is 23.2 Å². The first-order chi connectivity index (χ1) is 14.1. The van der Waals surface area contributed by atoms with Crippen LogP contribution in [0.4, 0.5) is 11.4 Å². The van der Waals surface area contributed by atoms with Crippen LogP contribution in [0.2, 0.25) is 0 Å². The van der Waals surface area contributed by atoms with Crippen LogP contribution in [-0.4, -0.2) is 36.4 Å². The number of nitrogens with one attached hydrogen (secondary N) is 2. The number of carbonyl (C=O) groups excluding carboxylic acids is 2. The summed E-state index contributed by atoms with van der Waals surface area (Å²) in [5.41, 5.74) is 2.66. The molecular weight excluding hydrogens is 364 g/mol. The molecule has 6 nitrogen and oxygen atoms in total. The molecule has 0 spiro atoms.